The van der Waals surface area contributed by atoms with Crippen LogP contribution in [0, 0.1) is 25.6 Å². The molecule has 1 fully saturated rings. The largest absolute Gasteiger partial charge is 0.339 e. The van der Waals surface area contributed by atoms with E-state index >= 15 is 0 Å². The molecule has 11 heteroatoms. The zero-order valence-electron chi connectivity index (χ0n) is 17.0. The number of nitrogens with one attached hydrogen (secondary N) is 1. The lowest BCUT2D eigenvalue weighted by molar-refractivity contribution is -0.120. The molecular formula is C20H21FN4O4S2. The Morgan fingerprint density at radius 3 is 2.71 bits per heavy atom. The number of carbonyl (C=O) groups is 1. The summed E-state index contributed by atoms with van der Waals surface area (Å²) in [5, 5.41) is 6.59. The van der Waals surface area contributed by atoms with E-state index in [2.05, 4.69) is 15.5 Å². The van der Waals surface area contributed by atoms with E-state index in [9.17, 15) is 17.6 Å². The molecule has 1 saturated heterocycles. The maximum Gasteiger partial charge on any atom is 0.244 e. The number of carbonyl (C=O) groups excluding carboxylic acids is 1. The standard InChI is InChI=1S/C20H21FN4O4S2/c1-12-18(10-17(30-12)19-22-13(2)29-24-19)31(27,28)25-9-3-4-14(11-25)20(26)23-16-7-5-15(21)6-8-16/h5-8,10,14H,3-4,9,11H2,1-2H3,(H,23,26)/t14-/m1/s1. The van der Waals surface area contributed by atoms with Crippen molar-refractivity contribution in [2.24, 2.45) is 5.92 Å². The Kier molecular flexibility index (Phi) is 5.91. The molecule has 8 nitrogen and oxygen atoms in total. The van der Waals surface area contributed by atoms with Gasteiger partial charge in [-0.3, -0.25) is 4.79 Å². The van der Waals surface area contributed by atoms with Gasteiger partial charge in [0.15, 0.2) is 0 Å². The van der Waals surface area contributed by atoms with E-state index in [1.54, 1.807) is 19.9 Å². The second-order valence-electron chi connectivity index (χ2n) is 7.37. The van der Waals surface area contributed by atoms with Crippen molar-refractivity contribution < 1.29 is 22.1 Å². The fourth-order valence-corrected chi connectivity index (χ4v) is 6.53. The van der Waals surface area contributed by atoms with Crippen LogP contribution in [0.25, 0.3) is 10.7 Å². The van der Waals surface area contributed by atoms with Gasteiger partial charge in [-0.05, 0) is 50.1 Å². The topological polar surface area (TPSA) is 105 Å². The molecule has 1 amide bonds. The monoisotopic (exact) mass is 464 g/mol. The van der Waals surface area contributed by atoms with Crippen LogP contribution in [0.4, 0.5) is 10.1 Å². The maximum absolute atomic E-state index is 13.3. The summed E-state index contributed by atoms with van der Waals surface area (Å²) in [5.74, 6) is -0.420. The summed E-state index contributed by atoms with van der Waals surface area (Å²) in [6.45, 7) is 3.83. The first kappa shape index (κ1) is 21.6. The SMILES string of the molecule is Cc1nc(-c2cc(S(=O)(=O)N3CCC[C@@H](C(=O)Nc4ccc(F)cc4)C3)c(C)s2)no1. The molecule has 1 aromatic carbocycles. The van der Waals surface area contributed by atoms with Crippen molar-refractivity contribution in [1.82, 2.24) is 14.4 Å². The number of sulfonamides is 1. The van der Waals surface area contributed by atoms with Crippen LogP contribution in [0.3, 0.4) is 0 Å². The summed E-state index contributed by atoms with van der Waals surface area (Å²) in [4.78, 5) is 18.2. The average Bonchev–Trinajstić information content (AvgIpc) is 3.35. The lowest BCUT2D eigenvalue weighted by atomic mass is 9.99. The van der Waals surface area contributed by atoms with Crippen molar-refractivity contribution in [2.75, 3.05) is 18.4 Å². The number of nitrogens with zero attached hydrogens (tertiary/aromatic N) is 3. The molecule has 3 heterocycles. The van der Waals surface area contributed by atoms with Gasteiger partial charge < -0.3 is 9.84 Å². The number of benzene rings is 1. The van der Waals surface area contributed by atoms with Crippen LogP contribution in [0.15, 0.2) is 39.8 Å². The summed E-state index contributed by atoms with van der Waals surface area (Å²) in [6, 6.07) is 7.02. The second-order valence-corrected chi connectivity index (χ2v) is 10.5. The van der Waals surface area contributed by atoms with Crippen LogP contribution in [0.5, 0.6) is 0 Å². The average molecular weight is 465 g/mol. The van der Waals surface area contributed by atoms with Crippen molar-refractivity contribution in [3.8, 4) is 10.7 Å². The van der Waals surface area contributed by atoms with Gasteiger partial charge >= 0.3 is 0 Å². The molecule has 0 spiro atoms. The number of hydrogen-bond donors (Lipinski definition) is 1. The van der Waals surface area contributed by atoms with Crippen molar-refractivity contribution in [3.63, 3.8) is 0 Å². The Bertz CT molecular complexity index is 1200. The van der Waals surface area contributed by atoms with Crippen LogP contribution >= 0.6 is 11.3 Å². The molecule has 1 N–H and O–H groups in total. The van der Waals surface area contributed by atoms with Gasteiger partial charge in [0, 0.05) is 30.6 Å². The summed E-state index contributed by atoms with van der Waals surface area (Å²) in [5.41, 5.74) is 0.472. The van der Waals surface area contributed by atoms with Crippen LogP contribution < -0.4 is 5.32 Å². The summed E-state index contributed by atoms with van der Waals surface area (Å²) in [6.07, 6.45) is 1.15. The van der Waals surface area contributed by atoms with Gasteiger partial charge in [0.2, 0.25) is 27.6 Å². The predicted octanol–water partition coefficient (Wildman–Crippen LogP) is 3.59. The number of aromatic nitrogens is 2. The molecule has 3 aromatic rings. The third-order valence-corrected chi connectivity index (χ3v) is 8.27. The van der Waals surface area contributed by atoms with Gasteiger partial charge in [-0.2, -0.15) is 9.29 Å². The van der Waals surface area contributed by atoms with Crippen LogP contribution in [0.2, 0.25) is 0 Å². The first-order valence-electron chi connectivity index (χ1n) is 9.72. The molecule has 0 bridgehead atoms. The maximum atomic E-state index is 13.3. The molecule has 2 aromatic heterocycles. The smallest absolute Gasteiger partial charge is 0.244 e. The Balaban J connectivity index is 1.51. The molecule has 1 aliphatic rings. The Morgan fingerprint density at radius 1 is 1.29 bits per heavy atom. The van der Waals surface area contributed by atoms with Crippen LogP contribution in [0.1, 0.15) is 23.6 Å². The van der Waals surface area contributed by atoms with Gasteiger partial charge in [-0.15, -0.1) is 11.3 Å². The molecule has 1 aliphatic heterocycles. The summed E-state index contributed by atoms with van der Waals surface area (Å²) >= 11 is 1.28. The highest BCUT2D eigenvalue weighted by Gasteiger charge is 2.35. The van der Waals surface area contributed by atoms with E-state index in [1.807, 2.05) is 0 Å². The molecule has 0 aliphatic carbocycles. The zero-order valence-corrected chi connectivity index (χ0v) is 18.6. The van der Waals surface area contributed by atoms with Gasteiger partial charge in [-0.1, -0.05) is 5.16 Å². The molecule has 0 saturated carbocycles. The van der Waals surface area contributed by atoms with E-state index in [-0.39, 0.29) is 17.3 Å². The first-order chi connectivity index (χ1) is 14.7. The molecule has 164 valence electrons. The summed E-state index contributed by atoms with van der Waals surface area (Å²) < 4.78 is 46.0. The molecule has 0 unspecified atom stereocenters. The predicted molar refractivity (Wildman–Crippen MR) is 114 cm³/mol. The second kappa shape index (κ2) is 8.48. The molecule has 0 radical (unpaired) electrons. The third kappa shape index (κ3) is 4.53. The van der Waals surface area contributed by atoms with E-state index in [4.69, 9.17) is 4.52 Å². The van der Waals surface area contributed by atoms with Crippen molar-refractivity contribution in [3.05, 3.63) is 46.9 Å². The number of hydrogen-bond acceptors (Lipinski definition) is 7. The molecule has 1 atom stereocenters. The minimum absolute atomic E-state index is 0.0846. The number of piperidine rings is 1. The van der Waals surface area contributed by atoms with E-state index in [0.29, 0.717) is 46.5 Å². The third-order valence-electron chi connectivity index (χ3n) is 5.10. The quantitative estimate of drug-likeness (QED) is 0.619. The summed E-state index contributed by atoms with van der Waals surface area (Å²) in [7, 11) is -3.79. The highest BCUT2D eigenvalue weighted by atomic mass is 32.2. The van der Waals surface area contributed by atoms with Crippen molar-refractivity contribution in [1.29, 1.82) is 0 Å². The first-order valence-corrected chi connectivity index (χ1v) is 12.0. The Labute approximate surface area is 183 Å². The number of halogens is 1. The number of anilines is 1. The minimum Gasteiger partial charge on any atom is -0.339 e. The van der Waals surface area contributed by atoms with E-state index in [1.165, 1.54) is 39.9 Å². The van der Waals surface area contributed by atoms with Crippen LogP contribution in [-0.2, 0) is 14.8 Å². The van der Waals surface area contributed by atoms with Gasteiger partial charge in [0.05, 0.1) is 15.7 Å². The van der Waals surface area contributed by atoms with Crippen molar-refractivity contribution in [2.45, 2.75) is 31.6 Å². The van der Waals surface area contributed by atoms with E-state index in [0.717, 1.165) is 0 Å². The van der Waals surface area contributed by atoms with Crippen LogP contribution in [-0.4, -0.2) is 41.9 Å². The van der Waals surface area contributed by atoms with Gasteiger partial charge in [0.25, 0.3) is 0 Å². The molecule has 31 heavy (non-hydrogen) atoms. The zero-order chi connectivity index (χ0) is 22.2. The minimum atomic E-state index is -3.79. The highest BCUT2D eigenvalue weighted by molar-refractivity contribution is 7.89. The number of amides is 1. The highest BCUT2D eigenvalue weighted by Crippen LogP contribution is 2.35. The van der Waals surface area contributed by atoms with Gasteiger partial charge in [0.1, 0.15) is 5.82 Å². The fourth-order valence-electron chi connectivity index (χ4n) is 3.52. The number of rotatable bonds is 5. The number of aryl methyl sites for hydroxylation is 2. The fraction of sp³-hybridized carbons (Fsp3) is 0.350. The molecule has 4 rings (SSSR count). The molecular weight excluding hydrogens is 443 g/mol. The van der Waals surface area contributed by atoms with Crippen molar-refractivity contribution >= 4 is 33.0 Å². The Hall–Kier alpha value is -2.63. The normalized spacial score (nSPS) is 17.6. The lowest BCUT2D eigenvalue weighted by Gasteiger charge is -2.31. The van der Waals surface area contributed by atoms with E-state index < -0.39 is 21.8 Å². The number of thiophene rings is 1. The Morgan fingerprint density at radius 2 is 2.03 bits per heavy atom. The lowest BCUT2D eigenvalue weighted by Crippen LogP contribution is -2.43. The van der Waals surface area contributed by atoms with Gasteiger partial charge in [-0.25, -0.2) is 12.8 Å².